The molecule has 2 aromatic carbocycles. The molecule has 1 saturated carbocycles. The summed E-state index contributed by atoms with van der Waals surface area (Å²) in [5, 5.41) is 14.9. The summed E-state index contributed by atoms with van der Waals surface area (Å²) in [6.07, 6.45) is 4.80. The van der Waals surface area contributed by atoms with Crippen LogP contribution in [-0.2, 0) is 13.1 Å². The first kappa shape index (κ1) is 21.4. The Morgan fingerprint density at radius 2 is 1.84 bits per heavy atom. The van der Waals surface area contributed by atoms with Gasteiger partial charge in [-0.2, -0.15) is 0 Å². The van der Waals surface area contributed by atoms with E-state index in [0.29, 0.717) is 24.8 Å². The molecule has 0 atom stereocenters. The van der Waals surface area contributed by atoms with Gasteiger partial charge in [0.2, 0.25) is 0 Å². The second kappa shape index (κ2) is 9.15. The first-order chi connectivity index (χ1) is 15.0. The van der Waals surface area contributed by atoms with Crippen LogP contribution in [0, 0.1) is 12.8 Å². The SMILES string of the molecule is COc1ccc(Cn2c(C(=O)O)c(CNC3CCC(C)CC3)c3ccc(C)cc32)cc1. The normalized spacial score (nSPS) is 18.9. The van der Waals surface area contributed by atoms with E-state index in [1.165, 1.54) is 12.8 Å². The molecule has 5 nitrogen and oxygen atoms in total. The Kier molecular flexibility index (Phi) is 6.33. The van der Waals surface area contributed by atoms with Crippen LogP contribution in [0.5, 0.6) is 5.75 Å². The number of fused-ring (bicyclic) bond motifs is 1. The van der Waals surface area contributed by atoms with Crippen molar-refractivity contribution in [3.8, 4) is 5.75 Å². The molecule has 0 bridgehead atoms. The Balaban J connectivity index is 1.71. The summed E-state index contributed by atoms with van der Waals surface area (Å²) in [4.78, 5) is 12.4. The van der Waals surface area contributed by atoms with E-state index in [1.54, 1.807) is 7.11 Å². The van der Waals surface area contributed by atoms with Crippen LogP contribution in [0.1, 0.15) is 59.8 Å². The molecule has 0 unspecified atom stereocenters. The number of nitrogens with zero attached hydrogens (tertiary/aromatic N) is 1. The molecule has 1 aliphatic carbocycles. The van der Waals surface area contributed by atoms with Crippen LogP contribution < -0.4 is 10.1 Å². The lowest BCUT2D eigenvalue weighted by Crippen LogP contribution is -2.32. The van der Waals surface area contributed by atoms with Crippen LogP contribution in [0.2, 0.25) is 0 Å². The number of carbonyl (C=O) groups is 1. The van der Waals surface area contributed by atoms with Crippen molar-refractivity contribution in [2.75, 3.05) is 7.11 Å². The number of carboxylic acids is 1. The van der Waals surface area contributed by atoms with Crippen molar-refractivity contribution in [3.63, 3.8) is 0 Å². The molecule has 0 aliphatic heterocycles. The molecule has 1 aromatic heterocycles. The monoisotopic (exact) mass is 420 g/mol. The number of carboxylic acid groups (broad SMARTS) is 1. The van der Waals surface area contributed by atoms with E-state index in [-0.39, 0.29) is 0 Å². The first-order valence-electron chi connectivity index (χ1n) is 11.2. The number of methoxy groups -OCH3 is 1. The lowest BCUT2D eigenvalue weighted by Gasteiger charge is -2.27. The molecule has 1 aliphatic rings. The van der Waals surface area contributed by atoms with Gasteiger partial charge in [0, 0.05) is 35.6 Å². The van der Waals surface area contributed by atoms with Crippen molar-refractivity contribution in [1.82, 2.24) is 9.88 Å². The molecule has 5 heteroatoms. The second-order valence-electron chi connectivity index (χ2n) is 8.92. The lowest BCUT2D eigenvalue weighted by atomic mass is 9.87. The van der Waals surface area contributed by atoms with Gasteiger partial charge in [0.1, 0.15) is 11.4 Å². The van der Waals surface area contributed by atoms with Gasteiger partial charge in [0.05, 0.1) is 7.11 Å². The van der Waals surface area contributed by atoms with Gasteiger partial charge < -0.3 is 19.7 Å². The van der Waals surface area contributed by atoms with E-state index in [2.05, 4.69) is 30.4 Å². The van der Waals surface area contributed by atoms with Crippen LogP contribution in [0.25, 0.3) is 10.9 Å². The van der Waals surface area contributed by atoms with Crippen LogP contribution in [0.15, 0.2) is 42.5 Å². The summed E-state index contributed by atoms with van der Waals surface area (Å²) < 4.78 is 7.21. The Morgan fingerprint density at radius 1 is 1.13 bits per heavy atom. The number of rotatable bonds is 7. The van der Waals surface area contributed by atoms with Crippen molar-refractivity contribution in [2.45, 2.75) is 58.7 Å². The molecule has 0 saturated heterocycles. The van der Waals surface area contributed by atoms with E-state index in [0.717, 1.165) is 52.1 Å². The molecule has 0 spiro atoms. The highest BCUT2D eigenvalue weighted by Gasteiger charge is 2.24. The fraction of sp³-hybridized carbons (Fsp3) is 0.423. The number of benzene rings is 2. The number of hydrogen-bond donors (Lipinski definition) is 2. The maximum atomic E-state index is 12.4. The topological polar surface area (TPSA) is 63.5 Å². The smallest absolute Gasteiger partial charge is 0.352 e. The van der Waals surface area contributed by atoms with E-state index < -0.39 is 5.97 Å². The van der Waals surface area contributed by atoms with Crippen molar-refractivity contribution in [1.29, 1.82) is 0 Å². The van der Waals surface area contributed by atoms with Gasteiger partial charge in [-0.15, -0.1) is 0 Å². The molecular weight excluding hydrogens is 388 g/mol. The zero-order chi connectivity index (χ0) is 22.0. The number of aromatic carboxylic acids is 1. The van der Waals surface area contributed by atoms with Gasteiger partial charge in [-0.3, -0.25) is 0 Å². The summed E-state index contributed by atoms with van der Waals surface area (Å²) in [7, 11) is 1.64. The van der Waals surface area contributed by atoms with Gasteiger partial charge in [0.25, 0.3) is 0 Å². The Labute approximate surface area is 184 Å². The van der Waals surface area contributed by atoms with Gasteiger partial charge in [-0.1, -0.05) is 31.2 Å². The van der Waals surface area contributed by atoms with E-state index in [1.807, 2.05) is 35.8 Å². The minimum atomic E-state index is -0.878. The predicted octanol–water partition coefficient (Wildman–Crippen LogP) is 5.37. The highest BCUT2D eigenvalue weighted by molar-refractivity contribution is 5.98. The molecule has 31 heavy (non-hydrogen) atoms. The molecule has 2 N–H and O–H groups in total. The molecule has 3 aromatic rings. The number of hydrogen-bond acceptors (Lipinski definition) is 3. The largest absolute Gasteiger partial charge is 0.497 e. The first-order valence-corrected chi connectivity index (χ1v) is 11.2. The molecule has 164 valence electrons. The van der Waals surface area contributed by atoms with Crippen molar-refractivity contribution in [2.24, 2.45) is 5.92 Å². The van der Waals surface area contributed by atoms with Crippen molar-refractivity contribution in [3.05, 3.63) is 64.8 Å². The third kappa shape index (κ3) is 4.62. The third-order valence-electron chi connectivity index (χ3n) is 6.61. The third-order valence-corrected chi connectivity index (χ3v) is 6.61. The molecular formula is C26H32N2O3. The molecule has 0 radical (unpaired) electrons. The van der Waals surface area contributed by atoms with Gasteiger partial charge >= 0.3 is 5.97 Å². The van der Waals surface area contributed by atoms with Crippen LogP contribution in [-0.4, -0.2) is 28.8 Å². The van der Waals surface area contributed by atoms with Crippen molar-refractivity contribution < 1.29 is 14.6 Å². The quantitative estimate of drug-likeness (QED) is 0.539. The van der Waals surface area contributed by atoms with Gasteiger partial charge in [-0.05, 0) is 67.9 Å². The zero-order valence-electron chi connectivity index (χ0n) is 18.6. The Morgan fingerprint density at radius 3 is 2.48 bits per heavy atom. The fourth-order valence-corrected chi connectivity index (χ4v) is 4.74. The summed E-state index contributed by atoms with van der Waals surface area (Å²) in [5.41, 5.74) is 4.41. The fourth-order valence-electron chi connectivity index (χ4n) is 4.74. The lowest BCUT2D eigenvalue weighted by molar-refractivity contribution is 0.0684. The number of aromatic nitrogens is 1. The molecule has 0 amide bonds. The van der Waals surface area contributed by atoms with E-state index >= 15 is 0 Å². The molecule has 1 fully saturated rings. The number of aryl methyl sites for hydroxylation is 1. The maximum absolute atomic E-state index is 12.4. The number of nitrogens with one attached hydrogen (secondary N) is 1. The standard InChI is InChI=1S/C26H32N2O3/c1-17-4-9-20(10-5-17)27-15-23-22-13-6-18(2)14-24(22)28(25(23)26(29)30)16-19-7-11-21(31-3)12-8-19/h6-8,11-14,17,20,27H,4-5,9-10,15-16H2,1-3H3,(H,29,30). The second-order valence-corrected chi connectivity index (χ2v) is 8.92. The van der Waals surface area contributed by atoms with Gasteiger partial charge in [-0.25, -0.2) is 4.79 Å². The average molecular weight is 421 g/mol. The number of ether oxygens (including phenoxy) is 1. The summed E-state index contributed by atoms with van der Waals surface area (Å²) >= 11 is 0. The van der Waals surface area contributed by atoms with E-state index in [9.17, 15) is 9.90 Å². The van der Waals surface area contributed by atoms with Crippen molar-refractivity contribution >= 4 is 16.9 Å². The predicted molar refractivity (Wildman–Crippen MR) is 124 cm³/mol. The highest BCUT2D eigenvalue weighted by Crippen LogP contribution is 2.30. The molecule has 1 heterocycles. The molecule has 4 rings (SSSR count). The average Bonchev–Trinajstić information content (AvgIpc) is 3.06. The summed E-state index contributed by atoms with van der Waals surface area (Å²) in [6.45, 7) is 5.45. The Hall–Kier alpha value is -2.79. The van der Waals surface area contributed by atoms with E-state index in [4.69, 9.17) is 4.74 Å². The van der Waals surface area contributed by atoms with Crippen LogP contribution in [0.3, 0.4) is 0 Å². The Bertz CT molecular complexity index is 1060. The van der Waals surface area contributed by atoms with Crippen LogP contribution in [0.4, 0.5) is 0 Å². The van der Waals surface area contributed by atoms with Crippen LogP contribution >= 0.6 is 0 Å². The maximum Gasteiger partial charge on any atom is 0.352 e. The summed E-state index contributed by atoms with van der Waals surface area (Å²) in [5.74, 6) is 0.709. The zero-order valence-corrected chi connectivity index (χ0v) is 18.6. The minimum Gasteiger partial charge on any atom is -0.497 e. The highest BCUT2D eigenvalue weighted by atomic mass is 16.5. The minimum absolute atomic E-state index is 0.382. The summed E-state index contributed by atoms with van der Waals surface area (Å²) in [6, 6.07) is 14.5. The van der Waals surface area contributed by atoms with Gasteiger partial charge in [0.15, 0.2) is 0 Å².